The zero-order valence-electron chi connectivity index (χ0n) is 19.3. The van der Waals surface area contributed by atoms with Crippen molar-refractivity contribution in [2.45, 2.75) is 6.42 Å². The molecule has 0 fully saturated rings. The molecule has 0 saturated heterocycles. The van der Waals surface area contributed by atoms with E-state index in [9.17, 15) is 14.4 Å². The second-order valence-corrected chi connectivity index (χ2v) is 8.20. The first-order valence-electron chi connectivity index (χ1n) is 10.5. The molecule has 9 nitrogen and oxygen atoms in total. The van der Waals surface area contributed by atoms with Crippen LogP contribution in [0.15, 0.2) is 72.3 Å². The normalized spacial score (nSPS) is 10.5. The minimum absolute atomic E-state index is 0.0889. The van der Waals surface area contributed by atoms with Gasteiger partial charge in [-0.3, -0.25) is 4.79 Å². The third-order valence-corrected chi connectivity index (χ3v) is 5.05. The lowest BCUT2D eigenvalue weighted by molar-refractivity contribution is -0.134. The van der Waals surface area contributed by atoms with Gasteiger partial charge in [0.05, 0.1) is 17.0 Å². The summed E-state index contributed by atoms with van der Waals surface area (Å²) in [5, 5.41) is 17.5. The van der Waals surface area contributed by atoms with Gasteiger partial charge in [0.2, 0.25) is 11.7 Å². The molecule has 0 saturated carbocycles. The van der Waals surface area contributed by atoms with Crippen LogP contribution in [0.4, 0.5) is 0 Å². The SMILES string of the molecule is CN(C)CCCOc1ccc(Oc2ncccc2C(=O)c2cccs2)cc1.O=C(O)/C=C/C(=O)O. The van der Waals surface area contributed by atoms with Crippen LogP contribution in [0.3, 0.4) is 0 Å². The standard InChI is InChI=1S/C21H22N2O3S.C4H4O4/c1-23(2)13-5-14-25-16-8-10-17(11-9-16)26-21-18(6-3-12-22-21)20(24)19-7-4-15-27-19;5-3(6)1-2-4(7)8/h3-4,6-12,15H,5,13-14H2,1-2H3;1-2H,(H,5,6)(H,7,8)/b;2-1+. The quantitative estimate of drug-likeness (QED) is 0.227. The molecule has 3 rings (SSSR count). The van der Waals surface area contributed by atoms with E-state index >= 15 is 0 Å². The van der Waals surface area contributed by atoms with Gasteiger partial charge in [-0.15, -0.1) is 11.3 Å². The molecule has 0 bridgehead atoms. The summed E-state index contributed by atoms with van der Waals surface area (Å²) in [6, 6.07) is 14.5. The van der Waals surface area contributed by atoms with Crippen molar-refractivity contribution in [2.24, 2.45) is 0 Å². The third kappa shape index (κ3) is 10.2. The molecule has 3 aromatic rings. The predicted octanol–water partition coefficient (Wildman–Crippen LogP) is 4.21. The lowest BCUT2D eigenvalue weighted by Gasteiger charge is -2.11. The van der Waals surface area contributed by atoms with Gasteiger partial charge in [0.15, 0.2) is 0 Å². The average molecular weight is 499 g/mol. The van der Waals surface area contributed by atoms with Crippen molar-refractivity contribution >= 4 is 29.1 Å². The molecule has 0 aliphatic carbocycles. The Hall–Kier alpha value is -4.02. The highest BCUT2D eigenvalue weighted by Gasteiger charge is 2.17. The van der Waals surface area contributed by atoms with Gasteiger partial charge in [-0.2, -0.15) is 0 Å². The zero-order chi connectivity index (χ0) is 25.6. The van der Waals surface area contributed by atoms with Crippen LogP contribution in [0.1, 0.15) is 21.7 Å². The van der Waals surface area contributed by atoms with Crippen LogP contribution in [0, 0.1) is 0 Å². The van der Waals surface area contributed by atoms with E-state index in [-0.39, 0.29) is 5.78 Å². The van der Waals surface area contributed by atoms with Gasteiger partial charge in [0.1, 0.15) is 11.5 Å². The number of ketones is 1. The van der Waals surface area contributed by atoms with Crippen LogP contribution in [-0.2, 0) is 9.59 Å². The number of rotatable bonds is 11. The van der Waals surface area contributed by atoms with Gasteiger partial charge < -0.3 is 24.6 Å². The summed E-state index contributed by atoms with van der Waals surface area (Å²) < 4.78 is 11.6. The number of benzene rings is 1. The van der Waals surface area contributed by atoms with Crippen LogP contribution in [-0.4, -0.2) is 65.1 Å². The molecule has 2 aromatic heterocycles. The van der Waals surface area contributed by atoms with Gasteiger partial charge in [0, 0.05) is 24.9 Å². The Kier molecular flexibility index (Phi) is 11.1. The topological polar surface area (TPSA) is 126 Å². The van der Waals surface area contributed by atoms with Crippen molar-refractivity contribution in [1.82, 2.24) is 9.88 Å². The molecule has 0 spiro atoms. The van der Waals surface area contributed by atoms with E-state index in [1.165, 1.54) is 11.3 Å². The number of carbonyl (C=O) groups is 3. The van der Waals surface area contributed by atoms with Gasteiger partial charge >= 0.3 is 11.9 Å². The molecule has 1 aromatic carbocycles. The van der Waals surface area contributed by atoms with Crippen LogP contribution in [0.25, 0.3) is 0 Å². The summed E-state index contributed by atoms with van der Waals surface area (Å²) >= 11 is 1.40. The van der Waals surface area contributed by atoms with Crippen molar-refractivity contribution in [2.75, 3.05) is 27.2 Å². The smallest absolute Gasteiger partial charge is 0.328 e. The van der Waals surface area contributed by atoms with Gasteiger partial charge in [-0.1, -0.05) is 6.07 Å². The van der Waals surface area contributed by atoms with E-state index in [1.54, 1.807) is 24.4 Å². The fourth-order valence-corrected chi connectivity index (χ4v) is 3.29. The second kappa shape index (κ2) is 14.3. The number of nitrogens with zero attached hydrogens (tertiary/aromatic N) is 2. The summed E-state index contributed by atoms with van der Waals surface area (Å²) in [5.41, 5.74) is 0.448. The van der Waals surface area contributed by atoms with Gasteiger partial charge in [-0.05, 0) is 68.4 Å². The molecule has 2 N–H and O–H groups in total. The summed E-state index contributed by atoms with van der Waals surface area (Å²) in [4.78, 5) is 38.8. The number of ether oxygens (including phenoxy) is 2. The van der Waals surface area contributed by atoms with Gasteiger partial charge in [-0.25, -0.2) is 14.6 Å². The maximum Gasteiger partial charge on any atom is 0.328 e. The number of aromatic nitrogens is 1. The zero-order valence-corrected chi connectivity index (χ0v) is 20.1. The van der Waals surface area contributed by atoms with Crippen molar-refractivity contribution in [3.05, 3.63) is 82.7 Å². The Bertz CT molecular complexity index is 1110. The second-order valence-electron chi connectivity index (χ2n) is 7.25. The van der Waals surface area contributed by atoms with Crippen molar-refractivity contribution in [3.63, 3.8) is 0 Å². The van der Waals surface area contributed by atoms with E-state index < -0.39 is 11.9 Å². The summed E-state index contributed by atoms with van der Waals surface area (Å²) in [6.45, 7) is 1.65. The van der Waals surface area contributed by atoms with Crippen molar-refractivity contribution in [1.29, 1.82) is 0 Å². The van der Waals surface area contributed by atoms with E-state index in [0.29, 0.717) is 40.8 Å². The Morgan fingerprint density at radius 2 is 1.63 bits per heavy atom. The first-order chi connectivity index (χ1) is 16.8. The first-order valence-corrected chi connectivity index (χ1v) is 11.4. The number of hydrogen-bond acceptors (Lipinski definition) is 8. The molecule has 0 atom stereocenters. The van der Waals surface area contributed by atoms with Crippen LogP contribution in [0.5, 0.6) is 17.4 Å². The molecule has 184 valence electrons. The maximum atomic E-state index is 12.6. The molecule has 2 heterocycles. The molecular weight excluding hydrogens is 472 g/mol. The Morgan fingerprint density at radius 3 is 2.20 bits per heavy atom. The van der Waals surface area contributed by atoms with Crippen molar-refractivity contribution in [3.8, 4) is 17.4 Å². The molecule has 10 heteroatoms. The largest absolute Gasteiger partial charge is 0.494 e. The van der Waals surface area contributed by atoms with Crippen LogP contribution < -0.4 is 9.47 Å². The molecule has 0 unspecified atom stereocenters. The number of aliphatic carboxylic acids is 2. The van der Waals surface area contributed by atoms with Crippen LogP contribution in [0.2, 0.25) is 0 Å². The lowest BCUT2D eigenvalue weighted by atomic mass is 10.1. The summed E-state index contributed by atoms with van der Waals surface area (Å²) in [5.74, 6) is -0.907. The van der Waals surface area contributed by atoms with Crippen LogP contribution >= 0.6 is 11.3 Å². The molecule has 0 aliphatic heterocycles. The molecule has 0 amide bonds. The van der Waals surface area contributed by atoms with E-state index in [1.807, 2.05) is 49.8 Å². The fourth-order valence-electron chi connectivity index (χ4n) is 2.61. The van der Waals surface area contributed by atoms with E-state index in [0.717, 1.165) is 18.7 Å². The third-order valence-electron chi connectivity index (χ3n) is 4.19. The molecular formula is C25H26N2O7S. The number of carboxylic acid groups (broad SMARTS) is 2. The fraction of sp³-hybridized carbons (Fsp3) is 0.200. The van der Waals surface area contributed by atoms with Gasteiger partial charge in [0.25, 0.3) is 0 Å². The predicted molar refractivity (Wildman–Crippen MR) is 132 cm³/mol. The highest BCUT2D eigenvalue weighted by molar-refractivity contribution is 7.12. The molecule has 35 heavy (non-hydrogen) atoms. The average Bonchev–Trinajstić information content (AvgIpc) is 3.37. The number of carbonyl (C=O) groups excluding carboxylic acids is 1. The van der Waals surface area contributed by atoms with E-state index in [2.05, 4.69) is 9.88 Å². The maximum absolute atomic E-state index is 12.6. The Morgan fingerprint density at radius 1 is 0.971 bits per heavy atom. The summed E-state index contributed by atoms with van der Waals surface area (Å²) in [7, 11) is 4.09. The first kappa shape index (κ1) is 27.2. The Labute approximate surface area is 206 Å². The monoisotopic (exact) mass is 498 g/mol. The highest BCUT2D eigenvalue weighted by Crippen LogP contribution is 2.27. The highest BCUT2D eigenvalue weighted by atomic mass is 32.1. The number of pyridine rings is 1. The Balaban J connectivity index is 0.000000466. The summed E-state index contributed by atoms with van der Waals surface area (Å²) in [6.07, 6.45) is 3.70. The molecule has 0 radical (unpaired) electrons. The minimum atomic E-state index is -1.26. The van der Waals surface area contributed by atoms with E-state index in [4.69, 9.17) is 19.7 Å². The lowest BCUT2D eigenvalue weighted by Crippen LogP contribution is -2.15. The molecule has 0 aliphatic rings. The number of thiophene rings is 1. The number of hydrogen-bond donors (Lipinski definition) is 2. The minimum Gasteiger partial charge on any atom is -0.494 e. The number of carboxylic acids is 2. The van der Waals surface area contributed by atoms with Crippen molar-refractivity contribution < 1.29 is 34.1 Å².